The number of fused-ring (bicyclic) bond motifs is 1. The van der Waals surface area contributed by atoms with E-state index in [-0.39, 0.29) is 0 Å². The number of aryl methyl sites for hydroxylation is 2. The van der Waals surface area contributed by atoms with Crippen LogP contribution in [0.1, 0.15) is 22.4 Å². The van der Waals surface area contributed by atoms with Crippen LogP contribution < -0.4 is 16.3 Å². The Labute approximate surface area is 182 Å². The molecular weight excluding hydrogens is 384 g/mol. The van der Waals surface area contributed by atoms with Crippen LogP contribution in [0, 0.1) is 0 Å². The van der Waals surface area contributed by atoms with Gasteiger partial charge in [0.2, 0.25) is 0 Å². The van der Waals surface area contributed by atoms with Gasteiger partial charge in [-0.3, -0.25) is 0 Å². The molecule has 0 fully saturated rings. The number of hydrazone groups is 1. The van der Waals surface area contributed by atoms with Crippen LogP contribution in [0.5, 0.6) is 5.75 Å². The van der Waals surface area contributed by atoms with Gasteiger partial charge in [0, 0.05) is 11.8 Å². The van der Waals surface area contributed by atoms with E-state index in [1.54, 1.807) is 0 Å². The van der Waals surface area contributed by atoms with E-state index in [4.69, 9.17) is 16.3 Å². The molecule has 4 rings (SSSR count). The minimum Gasteiger partial charge on any atom is -0.487 e. The zero-order chi connectivity index (χ0) is 21.5. The second-order valence-corrected chi connectivity index (χ2v) is 7.55. The summed E-state index contributed by atoms with van der Waals surface area (Å²) in [5.41, 5.74) is 11.3. The molecule has 0 saturated carbocycles. The summed E-state index contributed by atoms with van der Waals surface area (Å²) in [5.74, 6) is 6.53. The Morgan fingerprint density at radius 2 is 1.55 bits per heavy atom. The van der Waals surface area contributed by atoms with Crippen molar-refractivity contribution in [2.24, 2.45) is 16.7 Å². The number of rotatable bonds is 8. The first-order chi connectivity index (χ1) is 15.2. The molecule has 31 heavy (non-hydrogen) atoms. The first-order valence-corrected chi connectivity index (χ1v) is 10.4. The maximum atomic E-state index is 6.01. The van der Waals surface area contributed by atoms with E-state index in [1.165, 1.54) is 11.1 Å². The van der Waals surface area contributed by atoms with Crippen LogP contribution in [0.25, 0.3) is 10.9 Å². The summed E-state index contributed by atoms with van der Waals surface area (Å²) in [5, 5.41) is 4.68. The van der Waals surface area contributed by atoms with Crippen molar-refractivity contribution in [3.05, 3.63) is 107 Å². The largest absolute Gasteiger partial charge is 0.487 e. The molecule has 1 aromatic heterocycles. The zero-order valence-corrected chi connectivity index (χ0v) is 17.4. The topological polar surface area (TPSA) is 86.5 Å². The number of para-hydroxylation sites is 1. The van der Waals surface area contributed by atoms with Gasteiger partial charge >= 0.3 is 0 Å². The van der Waals surface area contributed by atoms with Gasteiger partial charge < -0.3 is 16.3 Å². The van der Waals surface area contributed by atoms with Crippen molar-refractivity contribution in [1.29, 1.82) is 0 Å². The van der Waals surface area contributed by atoms with Crippen LogP contribution in [-0.2, 0) is 25.9 Å². The molecule has 0 unspecified atom stereocenters. The van der Waals surface area contributed by atoms with Crippen molar-refractivity contribution in [2.45, 2.75) is 25.9 Å². The molecule has 0 bridgehead atoms. The predicted molar refractivity (Wildman–Crippen MR) is 126 cm³/mol. The standard InChI is InChI=1S/C26H26N4O/c27-26(30-28)17-21-7-3-5-19(15-21)11-12-20-6-4-9-24(16-20)31-18-23-14-13-22-8-1-2-10-25(22)29-23/h1-10,13-16H,11-12,17-18,28H2,(H2,27,30). The van der Waals surface area contributed by atoms with Gasteiger partial charge in [-0.05, 0) is 53.8 Å². The van der Waals surface area contributed by atoms with Gasteiger partial charge in [-0.1, -0.05) is 60.7 Å². The molecule has 0 amide bonds. The molecule has 4 aromatic rings. The predicted octanol–water partition coefficient (Wildman–Crippen LogP) is 4.37. The molecule has 0 aliphatic carbocycles. The molecule has 4 N–H and O–H groups in total. The second-order valence-electron chi connectivity index (χ2n) is 7.55. The Kier molecular flexibility index (Phi) is 6.43. The van der Waals surface area contributed by atoms with Gasteiger partial charge in [0.05, 0.1) is 11.2 Å². The van der Waals surface area contributed by atoms with Crippen LogP contribution in [0.2, 0.25) is 0 Å². The fourth-order valence-corrected chi connectivity index (χ4v) is 3.58. The Bertz CT molecular complexity index is 1200. The first-order valence-electron chi connectivity index (χ1n) is 10.4. The molecule has 0 saturated heterocycles. The summed E-state index contributed by atoms with van der Waals surface area (Å²) in [7, 11) is 0. The van der Waals surface area contributed by atoms with Crippen molar-refractivity contribution in [3.8, 4) is 5.75 Å². The second kappa shape index (κ2) is 9.76. The van der Waals surface area contributed by atoms with Crippen LogP contribution >= 0.6 is 0 Å². The first kappa shape index (κ1) is 20.4. The van der Waals surface area contributed by atoms with Gasteiger partial charge in [0.25, 0.3) is 0 Å². The molecule has 156 valence electrons. The normalized spacial score (nSPS) is 11.5. The summed E-state index contributed by atoms with van der Waals surface area (Å²) >= 11 is 0. The van der Waals surface area contributed by atoms with E-state index in [1.807, 2.05) is 48.5 Å². The lowest BCUT2D eigenvalue weighted by Crippen LogP contribution is -2.16. The van der Waals surface area contributed by atoms with Crippen molar-refractivity contribution in [2.75, 3.05) is 0 Å². The number of ether oxygens (including phenoxy) is 1. The molecule has 0 aliphatic heterocycles. The third-order valence-electron chi connectivity index (χ3n) is 5.19. The molecule has 0 atom stereocenters. The Hall–Kier alpha value is -3.86. The number of nitrogens with two attached hydrogens (primary N) is 2. The fraction of sp³-hybridized carbons (Fsp3) is 0.154. The number of benzene rings is 3. The minimum absolute atomic E-state index is 0.433. The van der Waals surface area contributed by atoms with Gasteiger partial charge in [0.1, 0.15) is 18.2 Å². The molecule has 0 aliphatic rings. The van der Waals surface area contributed by atoms with E-state index in [0.29, 0.717) is 18.9 Å². The average molecular weight is 411 g/mol. The lowest BCUT2D eigenvalue weighted by Gasteiger charge is -2.09. The third-order valence-corrected chi connectivity index (χ3v) is 5.19. The summed E-state index contributed by atoms with van der Waals surface area (Å²) in [6.45, 7) is 0.445. The van der Waals surface area contributed by atoms with Crippen molar-refractivity contribution in [1.82, 2.24) is 4.98 Å². The molecule has 1 heterocycles. The summed E-state index contributed by atoms with van der Waals surface area (Å²) < 4.78 is 6.01. The monoisotopic (exact) mass is 410 g/mol. The fourth-order valence-electron chi connectivity index (χ4n) is 3.58. The van der Waals surface area contributed by atoms with Gasteiger partial charge in [-0.15, -0.1) is 0 Å². The highest BCUT2D eigenvalue weighted by Gasteiger charge is 2.03. The van der Waals surface area contributed by atoms with Crippen LogP contribution in [0.15, 0.2) is 90.0 Å². The van der Waals surface area contributed by atoms with Crippen LogP contribution in [-0.4, -0.2) is 10.8 Å². The molecule has 3 aromatic carbocycles. The summed E-state index contributed by atoms with van der Waals surface area (Å²) in [4.78, 5) is 4.67. The highest BCUT2D eigenvalue weighted by molar-refractivity contribution is 5.82. The summed E-state index contributed by atoms with van der Waals surface area (Å²) in [6.07, 6.45) is 2.43. The molecule has 0 spiro atoms. The van der Waals surface area contributed by atoms with Gasteiger partial charge in [-0.25, -0.2) is 4.98 Å². The maximum Gasteiger partial charge on any atom is 0.130 e. The molecular formula is C26H26N4O. The zero-order valence-electron chi connectivity index (χ0n) is 17.4. The van der Waals surface area contributed by atoms with E-state index in [9.17, 15) is 0 Å². The highest BCUT2D eigenvalue weighted by Crippen LogP contribution is 2.18. The quantitative estimate of drug-likeness (QED) is 0.195. The van der Waals surface area contributed by atoms with Gasteiger partial charge in [0.15, 0.2) is 0 Å². The minimum atomic E-state index is 0.433. The van der Waals surface area contributed by atoms with Crippen molar-refractivity contribution >= 4 is 16.7 Å². The van der Waals surface area contributed by atoms with Crippen molar-refractivity contribution < 1.29 is 4.74 Å². The van der Waals surface area contributed by atoms with E-state index in [0.717, 1.165) is 40.8 Å². The van der Waals surface area contributed by atoms with Crippen LogP contribution in [0.4, 0.5) is 0 Å². The number of nitrogens with zero attached hydrogens (tertiary/aromatic N) is 2. The average Bonchev–Trinajstić information content (AvgIpc) is 2.82. The van der Waals surface area contributed by atoms with E-state index >= 15 is 0 Å². The van der Waals surface area contributed by atoms with Crippen molar-refractivity contribution in [3.63, 3.8) is 0 Å². The van der Waals surface area contributed by atoms with E-state index in [2.05, 4.69) is 46.5 Å². The SMILES string of the molecule is N/N=C(\N)Cc1cccc(CCc2cccc(OCc3ccc4ccccc4n3)c2)c1. The number of amidine groups is 1. The highest BCUT2D eigenvalue weighted by atomic mass is 16.5. The number of hydrogen-bond acceptors (Lipinski definition) is 4. The third kappa shape index (κ3) is 5.60. The van der Waals surface area contributed by atoms with E-state index < -0.39 is 0 Å². The number of hydrogen-bond donors (Lipinski definition) is 2. The lowest BCUT2D eigenvalue weighted by atomic mass is 10.0. The smallest absolute Gasteiger partial charge is 0.130 e. The molecule has 5 heteroatoms. The number of pyridine rings is 1. The van der Waals surface area contributed by atoms with Gasteiger partial charge in [-0.2, -0.15) is 5.10 Å². The molecule has 5 nitrogen and oxygen atoms in total. The summed E-state index contributed by atoms with van der Waals surface area (Å²) in [6, 6.07) is 28.8. The Morgan fingerprint density at radius 1 is 0.806 bits per heavy atom. The number of aromatic nitrogens is 1. The maximum absolute atomic E-state index is 6.01. The Balaban J connectivity index is 1.36. The molecule has 0 radical (unpaired) electrons. The Morgan fingerprint density at radius 3 is 2.39 bits per heavy atom. The van der Waals surface area contributed by atoms with Crippen LogP contribution in [0.3, 0.4) is 0 Å². The lowest BCUT2D eigenvalue weighted by molar-refractivity contribution is 0.301.